The topological polar surface area (TPSA) is 160 Å². The van der Waals surface area contributed by atoms with Crippen molar-refractivity contribution in [2.24, 2.45) is 0 Å². The summed E-state index contributed by atoms with van der Waals surface area (Å²) in [5.74, 6) is -0.640. The number of rotatable bonds is 15. The predicted octanol–water partition coefficient (Wildman–Crippen LogP) is 7.89. The van der Waals surface area contributed by atoms with E-state index < -0.39 is 12.3 Å². The lowest BCUT2D eigenvalue weighted by atomic mass is 9.97. The number of hydrogen-bond acceptors (Lipinski definition) is 8. The minimum absolute atomic E-state index is 0.0362. The Balaban J connectivity index is 1.08. The molecule has 5 aromatic rings. The molecule has 0 aromatic heterocycles. The summed E-state index contributed by atoms with van der Waals surface area (Å²) in [7, 11) is 0. The van der Waals surface area contributed by atoms with Gasteiger partial charge in [-0.1, -0.05) is 84.9 Å². The molecule has 6 rings (SSSR count). The van der Waals surface area contributed by atoms with Crippen LogP contribution < -0.4 is 16.4 Å². The number of carboxylic acid groups (broad SMARTS) is 1. The first-order chi connectivity index (χ1) is 26.2. The van der Waals surface area contributed by atoms with Crippen LogP contribution in [-0.4, -0.2) is 39.9 Å². The van der Waals surface area contributed by atoms with Crippen molar-refractivity contribution in [2.45, 2.75) is 62.2 Å². The molecule has 1 aliphatic heterocycles. The van der Waals surface area contributed by atoms with Crippen molar-refractivity contribution in [3.05, 3.63) is 149 Å². The first-order valence-corrected chi connectivity index (χ1v) is 18.8. The molecule has 1 fully saturated rings. The summed E-state index contributed by atoms with van der Waals surface area (Å²) in [6.45, 7) is 0.305. The Bertz CT molecular complexity index is 2040. The number of benzene rings is 5. The van der Waals surface area contributed by atoms with Crippen molar-refractivity contribution in [1.29, 1.82) is 0 Å². The Morgan fingerprint density at radius 1 is 0.778 bits per heavy atom. The Hall–Kier alpha value is -5.46. The second-order valence-electron chi connectivity index (χ2n) is 13.0. The van der Waals surface area contributed by atoms with Gasteiger partial charge in [0, 0.05) is 42.0 Å². The van der Waals surface area contributed by atoms with Crippen LogP contribution in [0.4, 0.5) is 11.4 Å². The number of ether oxygens (including phenoxy) is 2. The molecule has 5 aromatic carbocycles. The Kier molecular flexibility index (Phi) is 13.1. The van der Waals surface area contributed by atoms with Gasteiger partial charge in [-0.15, -0.1) is 11.8 Å². The number of thioether (sulfide) groups is 1. The van der Waals surface area contributed by atoms with Gasteiger partial charge >= 0.3 is 5.97 Å². The second kappa shape index (κ2) is 18.5. The number of hydrogen-bond donors (Lipinski definition) is 5. The normalized spacial score (nSPS) is 16.7. The van der Waals surface area contributed by atoms with Gasteiger partial charge in [-0.25, -0.2) is 4.79 Å². The van der Waals surface area contributed by atoms with E-state index in [-0.39, 0.29) is 49.0 Å². The first kappa shape index (κ1) is 38.3. The summed E-state index contributed by atoms with van der Waals surface area (Å²) in [5, 5.41) is 24.6. The molecule has 0 radical (unpaired) electrons. The summed E-state index contributed by atoms with van der Waals surface area (Å²) in [5.41, 5.74) is 12.8. The van der Waals surface area contributed by atoms with Gasteiger partial charge in [0.2, 0.25) is 11.8 Å². The largest absolute Gasteiger partial charge is 0.478 e. The molecular weight excluding hydrogens is 703 g/mol. The molecule has 278 valence electrons. The molecule has 0 bridgehead atoms. The molecule has 3 atom stereocenters. The predicted molar refractivity (Wildman–Crippen MR) is 210 cm³/mol. The van der Waals surface area contributed by atoms with Crippen molar-refractivity contribution in [2.75, 3.05) is 16.8 Å². The smallest absolute Gasteiger partial charge is 0.335 e. The molecule has 0 unspecified atom stereocenters. The molecule has 1 aliphatic rings. The van der Waals surface area contributed by atoms with Gasteiger partial charge in [0.05, 0.1) is 35.8 Å². The highest BCUT2D eigenvalue weighted by Crippen LogP contribution is 2.40. The third kappa shape index (κ3) is 10.4. The molecule has 1 saturated heterocycles. The maximum atomic E-state index is 12.7. The van der Waals surface area contributed by atoms with E-state index in [0.29, 0.717) is 36.5 Å². The van der Waals surface area contributed by atoms with Crippen LogP contribution in [0.25, 0.3) is 11.1 Å². The number of carbonyl (C=O) groups excluding carboxylic acids is 2. The standard InChI is InChI=1S/C43H43N3O7S/c44-37-8-3-4-9-38(37)46-41(49)11-5-10-40(48)45-25-33-6-1-2-7-36(33)29-16-18-32(19-17-29)43-52-34(27-54-35-22-20-31(21-23-35)42(50)51)24-39(53-43)30-14-12-28(26-47)13-15-30/h1-4,6-9,12-23,34,39,43,47H,5,10-11,24-27,44H2,(H,45,48)(H,46,49)(H,50,51)/t34-,39+,43+/m1/s1. The molecule has 6 N–H and O–H groups in total. The van der Waals surface area contributed by atoms with Gasteiger partial charge < -0.3 is 36.1 Å². The van der Waals surface area contributed by atoms with Crippen LogP contribution in [0.1, 0.15) is 70.7 Å². The molecule has 11 heteroatoms. The summed E-state index contributed by atoms with van der Waals surface area (Å²) in [4.78, 5) is 37.3. The fraction of sp³-hybridized carbons (Fsp3) is 0.233. The molecule has 54 heavy (non-hydrogen) atoms. The fourth-order valence-electron chi connectivity index (χ4n) is 6.20. The highest BCUT2D eigenvalue weighted by Gasteiger charge is 2.32. The van der Waals surface area contributed by atoms with Crippen LogP contribution in [0.3, 0.4) is 0 Å². The molecule has 1 heterocycles. The van der Waals surface area contributed by atoms with Crippen LogP contribution in [-0.2, 0) is 32.2 Å². The van der Waals surface area contributed by atoms with Crippen LogP contribution in [0.5, 0.6) is 0 Å². The second-order valence-corrected chi connectivity index (χ2v) is 14.1. The minimum atomic E-state index is -0.959. The van der Waals surface area contributed by atoms with Gasteiger partial charge in [-0.3, -0.25) is 9.59 Å². The summed E-state index contributed by atoms with van der Waals surface area (Å²) in [6.07, 6.45) is 0.442. The lowest BCUT2D eigenvalue weighted by Gasteiger charge is -2.36. The fourth-order valence-corrected chi connectivity index (χ4v) is 7.12. The third-order valence-electron chi connectivity index (χ3n) is 9.18. The summed E-state index contributed by atoms with van der Waals surface area (Å²) in [6, 6.07) is 37.6. The van der Waals surface area contributed by atoms with Crippen LogP contribution >= 0.6 is 11.8 Å². The zero-order valence-electron chi connectivity index (χ0n) is 29.7. The Morgan fingerprint density at radius 3 is 2.19 bits per heavy atom. The average Bonchev–Trinajstić information content (AvgIpc) is 3.20. The molecular formula is C43H43N3O7S. The number of amides is 2. The van der Waals surface area contributed by atoms with Gasteiger partial charge in [0.15, 0.2) is 6.29 Å². The number of carboxylic acids is 1. The van der Waals surface area contributed by atoms with E-state index in [1.807, 2.05) is 84.9 Å². The maximum Gasteiger partial charge on any atom is 0.335 e. The monoisotopic (exact) mass is 745 g/mol. The lowest BCUT2D eigenvalue weighted by molar-refractivity contribution is -0.245. The van der Waals surface area contributed by atoms with E-state index in [2.05, 4.69) is 10.6 Å². The average molecular weight is 746 g/mol. The molecule has 2 amide bonds. The molecule has 0 aliphatic carbocycles. The zero-order chi connectivity index (χ0) is 37.9. The summed E-state index contributed by atoms with van der Waals surface area (Å²) < 4.78 is 13.0. The van der Waals surface area contributed by atoms with Gasteiger partial charge in [0.25, 0.3) is 0 Å². The zero-order valence-corrected chi connectivity index (χ0v) is 30.5. The van der Waals surface area contributed by atoms with Crippen LogP contribution in [0, 0.1) is 0 Å². The van der Waals surface area contributed by atoms with E-state index >= 15 is 0 Å². The highest BCUT2D eigenvalue weighted by molar-refractivity contribution is 7.99. The number of nitrogens with one attached hydrogen (secondary N) is 2. The van der Waals surface area contributed by atoms with Gasteiger partial charge in [0.1, 0.15) is 0 Å². The van der Waals surface area contributed by atoms with E-state index in [0.717, 1.165) is 38.3 Å². The SMILES string of the molecule is Nc1ccccc1NC(=O)CCCC(=O)NCc1ccccc1-c1ccc([C@H]2O[C@@H](CSc3ccc(C(=O)O)cc3)C[C@@H](c3ccc(CO)cc3)O2)cc1. The minimum Gasteiger partial charge on any atom is -0.478 e. The van der Waals surface area contributed by atoms with Crippen molar-refractivity contribution in [3.8, 4) is 11.1 Å². The number of anilines is 2. The lowest BCUT2D eigenvalue weighted by Crippen LogP contribution is -2.31. The van der Waals surface area contributed by atoms with E-state index in [9.17, 15) is 24.6 Å². The van der Waals surface area contributed by atoms with E-state index in [4.69, 9.17) is 15.2 Å². The van der Waals surface area contributed by atoms with Gasteiger partial charge in [-0.2, -0.15) is 0 Å². The Morgan fingerprint density at radius 2 is 1.46 bits per heavy atom. The number of aromatic carboxylic acids is 1. The first-order valence-electron chi connectivity index (χ1n) is 17.8. The number of para-hydroxylation sites is 2. The van der Waals surface area contributed by atoms with E-state index in [1.165, 1.54) is 0 Å². The number of nitrogen functional groups attached to an aromatic ring is 1. The van der Waals surface area contributed by atoms with Crippen molar-refractivity contribution < 1.29 is 34.1 Å². The van der Waals surface area contributed by atoms with E-state index in [1.54, 1.807) is 48.2 Å². The Labute approximate surface area is 318 Å². The highest BCUT2D eigenvalue weighted by atomic mass is 32.2. The van der Waals surface area contributed by atoms with Crippen molar-refractivity contribution in [3.63, 3.8) is 0 Å². The quantitative estimate of drug-likeness (QED) is 0.0531. The number of aliphatic hydroxyl groups excluding tert-OH is 1. The number of aliphatic hydroxyl groups is 1. The van der Waals surface area contributed by atoms with Crippen molar-refractivity contribution >= 4 is 40.9 Å². The molecule has 0 spiro atoms. The molecule has 0 saturated carbocycles. The third-order valence-corrected chi connectivity index (χ3v) is 10.3. The maximum absolute atomic E-state index is 12.7. The van der Waals surface area contributed by atoms with Gasteiger partial charge in [-0.05, 0) is 70.6 Å². The van der Waals surface area contributed by atoms with Crippen LogP contribution in [0.15, 0.2) is 126 Å². The van der Waals surface area contributed by atoms with Crippen molar-refractivity contribution in [1.82, 2.24) is 5.32 Å². The number of nitrogens with two attached hydrogens (primary N) is 1. The van der Waals surface area contributed by atoms with Crippen LogP contribution in [0.2, 0.25) is 0 Å². The summed E-state index contributed by atoms with van der Waals surface area (Å²) >= 11 is 1.60. The molecule has 10 nitrogen and oxygen atoms in total. The number of carbonyl (C=O) groups is 3.